The van der Waals surface area contributed by atoms with Gasteiger partial charge in [-0.15, -0.1) is 0 Å². The van der Waals surface area contributed by atoms with E-state index in [1.54, 1.807) is 21.9 Å². The van der Waals surface area contributed by atoms with Gasteiger partial charge in [-0.05, 0) is 66.8 Å². The molecule has 0 radical (unpaired) electrons. The van der Waals surface area contributed by atoms with Gasteiger partial charge >= 0.3 is 0 Å². The van der Waals surface area contributed by atoms with Gasteiger partial charge in [0, 0.05) is 62.8 Å². The predicted octanol–water partition coefficient (Wildman–Crippen LogP) is 5.46. The van der Waals surface area contributed by atoms with Crippen molar-refractivity contribution in [2.24, 2.45) is 7.05 Å². The van der Waals surface area contributed by atoms with Gasteiger partial charge in [0.1, 0.15) is 6.04 Å². The number of carbonyl (C=O) groups is 2. The Kier molecular flexibility index (Phi) is 8.73. The highest BCUT2D eigenvalue weighted by Gasteiger charge is 2.34. The Bertz CT molecular complexity index is 1810. The summed E-state index contributed by atoms with van der Waals surface area (Å²) in [6.07, 6.45) is 8.26. The number of nitrogens with zero attached hydrogens (tertiary/aromatic N) is 6. The largest absolute Gasteiger partial charge is 0.336 e. The lowest BCUT2D eigenvalue weighted by Crippen LogP contribution is -2.52. The maximum Gasteiger partial charge on any atom is 0.247 e. The Morgan fingerprint density at radius 3 is 2.33 bits per heavy atom. The number of carbonyl (C=O) groups excluding carboxylic acids is 2. The normalized spacial score (nSPS) is 13.5. The maximum atomic E-state index is 14.5. The van der Waals surface area contributed by atoms with Gasteiger partial charge < -0.3 is 9.80 Å². The van der Waals surface area contributed by atoms with E-state index in [-0.39, 0.29) is 18.4 Å². The topological polar surface area (TPSA) is 76.3 Å². The lowest BCUT2D eigenvalue weighted by atomic mass is 9.97. The van der Waals surface area contributed by atoms with Gasteiger partial charge in [-0.2, -0.15) is 10.2 Å². The quantitative estimate of drug-likeness (QED) is 0.211. The van der Waals surface area contributed by atoms with E-state index in [0.717, 1.165) is 45.7 Å². The summed E-state index contributed by atoms with van der Waals surface area (Å²) in [7, 11) is 1.89. The van der Waals surface area contributed by atoms with E-state index in [1.165, 1.54) is 5.56 Å². The molecule has 45 heavy (non-hydrogen) atoms. The fourth-order valence-corrected chi connectivity index (χ4v) is 6.06. The second-order valence-electron chi connectivity index (χ2n) is 11.6. The van der Waals surface area contributed by atoms with Crippen LogP contribution in [0.5, 0.6) is 0 Å². The lowest BCUT2D eigenvalue weighted by Gasteiger charge is -2.37. The van der Waals surface area contributed by atoms with Crippen LogP contribution < -0.4 is 0 Å². The monoisotopic (exact) mass is 598 g/mol. The smallest absolute Gasteiger partial charge is 0.247 e. The van der Waals surface area contributed by atoms with Gasteiger partial charge in [0.15, 0.2) is 0 Å². The summed E-state index contributed by atoms with van der Waals surface area (Å²) in [6.45, 7) is 5.35. The van der Waals surface area contributed by atoms with E-state index in [2.05, 4.69) is 22.3 Å². The standard InChI is InChI=1S/C37H38N6O2/c1-27-34(28(2)40(3)39-27)18-19-36(44)42(25-30-14-16-33(17-15-30)43-22-9-21-38-43)35(24-29-10-5-4-6-11-29)37(45)41-23-20-31-12-7-8-13-32(31)26-41/h4-19,21-22,35H,20,23-26H2,1-3H3/b19-18+/t35-/m0/s1. The number of aryl methyl sites for hydroxylation is 2. The highest BCUT2D eigenvalue weighted by molar-refractivity contribution is 5.96. The number of rotatable bonds is 9. The maximum absolute atomic E-state index is 14.5. The summed E-state index contributed by atoms with van der Waals surface area (Å²) in [5.74, 6) is -0.266. The number of hydrogen-bond donors (Lipinski definition) is 0. The van der Waals surface area contributed by atoms with Crippen LogP contribution in [0.25, 0.3) is 11.8 Å². The molecule has 3 heterocycles. The summed E-state index contributed by atoms with van der Waals surface area (Å²) >= 11 is 0. The van der Waals surface area contributed by atoms with Gasteiger partial charge in [-0.3, -0.25) is 14.3 Å². The van der Waals surface area contributed by atoms with E-state index >= 15 is 0 Å². The first-order chi connectivity index (χ1) is 21.9. The van der Waals surface area contributed by atoms with Crippen LogP contribution in [0.15, 0.2) is 103 Å². The molecular formula is C37H38N6O2. The molecule has 6 rings (SSSR count). The number of aromatic nitrogens is 4. The summed E-state index contributed by atoms with van der Waals surface area (Å²) in [6, 6.07) is 27.4. The minimum atomic E-state index is -0.698. The molecule has 2 aromatic heterocycles. The molecule has 1 aliphatic heterocycles. The van der Waals surface area contributed by atoms with Crippen molar-refractivity contribution in [3.05, 3.63) is 143 Å². The molecule has 0 saturated carbocycles. The molecule has 0 aliphatic carbocycles. The minimum Gasteiger partial charge on any atom is -0.336 e. The van der Waals surface area contributed by atoms with Crippen molar-refractivity contribution < 1.29 is 9.59 Å². The van der Waals surface area contributed by atoms with E-state index in [4.69, 9.17) is 0 Å². The molecule has 0 saturated heterocycles. The van der Waals surface area contributed by atoms with Crippen LogP contribution in [-0.2, 0) is 42.6 Å². The zero-order chi connectivity index (χ0) is 31.3. The Morgan fingerprint density at radius 1 is 0.911 bits per heavy atom. The Labute approximate surface area is 264 Å². The van der Waals surface area contributed by atoms with Crippen molar-refractivity contribution in [1.82, 2.24) is 29.4 Å². The third kappa shape index (κ3) is 6.65. The van der Waals surface area contributed by atoms with Crippen LogP contribution in [-0.4, -0.2) is 53.8 Å². The molecule has 8 nitrogen and oxygen atoms in total. The third-order valence-corrected chi connectivity index (χ3v) is 8.67. The Balaban J connectivity index is 1.36. The van der Waals surface area contributed by atoms with Crippen LogP contribution in [0.1, 0.15) is 39.2 Å². The Morgan fingerprint density at radius 2 is 1.64 bits per heavy atom. The highest BCUT2D eigenvalue weighted by atomic mass is 16.2. The first kappa shape index (κ1) is 29.8. The van der Waals surface area contributed by atoms with Gasteiger partial charge in [-0.1, -0.05) is 66.7 Å². The van der Waals surface area contributed by atoms with Gasteiger partial charge in [0.05, 0.1) is 11.4 Å². The SMILES string of the molecule is Cc1nn(C)c(C)c1/C=C/C(=O)N(Cc1ccc(-n2cccn2)cc1)[C@@H](Cc1ccccc1)C(=O)N1CCc2ccccc2C1. The van der Waals surface area contributed by atoms with Crippen LogP contribution >= 0.6 is 0 Å². The fourth-order valence-electron chi connectivity index (χ4n) is 6.06. The molecule has 5 aromatic rings. The van der Waals surface area contributed by atoms with E-state index < -0.39 is 6.04 Å². The third-order valence-electron chi connectivity index (χ3n) is 8.67. The van der Waals surface area contributed by atoms with Crippen molar-refractivity contribution in [3.8, 4) is 5.69 Å². The predicted molar refractivity (Wildman–Crippen MR) is 175 cm³/mol. The molecule has 0 unspecified atom stereocenters. The van der Waals surface area contributed by atoms with Crippen molar-refractivity contribution in [3.63, 3.8) is 0 Å². The van der Waals surface area contributed by atoms with Gasteiger partial charge in [0.2, 0.25) is 11.8 Å². The molecule has 1 aliphatic rings. The molecular weight excluding hydrogens is 560 g/mol. The molecule has 8 heteroatoms. The number of amides is 2. The zero-order valence-electron chi connectivity index (χ0n) is 26.0. The van der Waals surface area contributed by atoms with Crippen LogP contribution in [0.2, 0.25) is 0 Å². The minimum absolute atomic E-state index is 0.0444. The summed E-state index contributed by atoms with van der Waals surface area (Å²) in [5.41, 5.74) is 8.02. The highest BCUT2D eigenvalue weighted by Crippen LogP contribution is 2.24. The summed E-state index contributed by atoms with van der Waals surface area (Å²) in [4.78, 5) is 32.4. The van der Waals surface area contributed by atoms with Gasteiger partial charge in [-0.25, -0.2) is 4.68 Å². The first-order valence-electron chi connectivity index (χ1n) is 15.3. The first-order valence-corrected chi connectivity index (χ1v) is 15.3. The van der Waals surface area contributed by atoms with Gasteiger partial charge in [0.25, 0.3) is 0 Å². The zero-order valence-corrected chi connectivity index (χ0v) is 26.0. The molecule has 0 fully saturated rings. The van der Waals surface area contributed by atoms with Crippen molar-refractivity contribution >= 4 is 17.9 Å². The number of fused-ring (bicyclic) bond motifs is 1. The molecule has 1 atom stereocenters. The molecule has 3 aromatic carbocycles. The molecule has 0 bridgehead atoms. The van der Waals surface area contributed by atoms with Crippen molar-refractivity contribution in [2.75, 3.05) is 6.54 Å². The van der Waals surface area contributed by atoms with Crippen molar-refractivity contribution in [1.29, 1.82) is 0 Å². The van der Waals surface area contributed by atoms with E-state index in [1.807, 2.05) is 116 Å². The van der Waals surface area contributed by atoms with Crippen LogP contribution in [0, 0.1) is 13.8 Å². The second kappa shape index (κ2) is 13.2. The molecule has 0 spiro atoms. The summed E-state index contributed by atoms with van der Waals surface area (Å²) < 4.78 is 3.61. The number of benzene rings is 3. The van der Waals surface area contributed by atoms with Crippen molar-refractivity contribution in [2.45, 2.75) is 45.8 Å². The second-order valence-corrected chi connectivity index (χ2v) is 11.6. The molecule has 0 N–H and O–H groups in total. The summed E-state index contributed by atoms with van der Waals surface area (Å²) in [5, 5.41) is 8.83. The lowest BCUT2D eigenvalue weighted by molar-refractivity contribution is -0.144. The fraction of sp³-hybridized carbons (Fsp3) is 0.243. The number of hydrogen-bond acceptors (Lipinski definition) is 4. The van der Waals surface area contributed by atoms with E-state index in [0.29, 0.717) is 19.5 Å². The van der Waals surface area contributed by atoms with Crippen LogP contribution in [0.4, 0.5) is 0 Å². The average Bonchev–Trinajstić information content (AvgIpc) is 3.69. The molecule has 228 valence electrons. The van der Waals surface area contributed by atoms with Crippen LogP contribution in [0.3, 0.4) is 0 Å². The van der Waals surface area contributed by atoms with E-state index in [9.17, 15) is 9.59 Å². The Hall–Kier alpha value is -5.24. The molecule has 2 amide bonds. The average molecular weight is 599 g/mol.